The molecule has 14 heavy (non-hydrogen) atoms. The van der Waals surface area contributed by atoms with Gasteiger partial charge in [-0.25, -0.2) is 0 Å². The minimum Gasteiger partial charge on any atom is -0.315 e. The summed E-state index contributed by atoms with van der Waals surface area (Å²) < 4.78 is 0. The Balaban J connectivity index is 2.48. The predicted octanol–water partition coefficient (Wildman–Crippen LogP) is 2.25. The molecule has 1 aliphatic rings. The van der Waals surface area contributed by atoms with Crippen LogP contribution < -0.4 is 5.32 Å². The minimum absolute atomic E-state index is 0.360. The van der Waals surface area contributed by atoms with Gasteiger partial charge in [-0.2, -0.15) is 0 Å². The summed E-state index contributed by atoms with van der Waals surface area (Å²) in [6.45, 7) is 9.38. The fourth-order valence-electron chi connectivity index (χ4n) is 2.45. The summed E-state index contributed by atoms with van der Waals surface area (Å²) in [6, 6.07) is 0.741. The molecule has 0 spiro atoms. The van der Waals surface area contributed by atoms with Crippen molar-refractivity contribution >= 4 is 0 Å². The van der Waals surface area contributed by atoms with Crippen LogP contribution in [0, 0.1) is 0 Å². The molecule has 1 aliphatic heterocycles. The van der Waals surface area contributed by atoms with Crippen molar-refractivity contribution in [2.45, 2.75) is 58.0 Å². The second-order valence-electron chi connectivity index (χ2n) is 5.17. The molecule has 1 N–H and O–H groups in total. The molecule has 0 radical (unpaired) electrons. The first kappa shape index (κ1) is 12.0. The third kappa shape index (κ3) is 2.96. The SMILES string of the molecule is CCCC(C)(C)N(C)C1CCCNC1. The zero-order chi connectivity index (χ0) is 10.6. The third-order valence-electron chi connectivity index (χ3n) is 3.64. The normalized spacial score (nSPS) is 24.2. The maximum atomic E-state index is 3.49. The molecule has 1 heterocycles. The van der Waals surface area contributed by atoms with Gasteiger partial charge in [-0.3, -0.25) is 4.90 Å². The van der Waals surface area contributed by atoms with Crippen molar-refractivity contribution < 1.29 is 0 Å². The molecule has 1 rings (SSSR count). The molecule has 2 nitrogen and oxygen atoms in total. The van der Waals surface area contributed by atoms with Crippen LogP contribution in [-0.2, 0) is 0 Å². The van der Waals surface area contributed by atoms with Crippen LogP contribution in [-0.4, -0.2) is 36.6 Å². The second-order valence-corrected chi connectivity index (χ2v) is 5.17. The lowest BCUT2D eigenvalue weighted by molar-refractivity contribution is 0.0775. The number of hydrogen-bond acceptors (Lipinski definition) is 2. The Morgan fingerprint density at radius 3 is 2.64 bits per heavy atom. The molecule has 1 unspecified atom stereocenters. The molecular weight excluding hydrogens is 172 g/mol. The first-order valence-electron chi connectivity index (χ1n) is 6.01. The van der Waals surface area contributed by atoms with E-state index in [1.807, 2.05) is 0 Å². The first-order chi connectivity index (χ1) is 6.58. The summed E-state index contributed by atoms with van der Waals surface area (Å²) in [4.78, 5) is 2.57. The van der Waals surface area contributed by atoms with Gasteiger partial charge in [-0.15, -0.1) is 0 Å². The van der Waals surface area contributed by atoms with E-state index in [9.17, 15) is 0 Å². The molecule has 1 fully saturated rings. The van der Waals surface area contributed by atoms with E-state index < -0.39 is 0 Å². The van der Waals surface area contributed by atoms with Gasteiger partial charge in [-0.05, 0) is 46.7 Å². The molecule has 0 bridgehead atoms. The average molecular weight is 198 g/mol. The molecule has 0 aromatic rings. The molecule has 0 aliphatic carbocycles. The van der Waals surface area contributed by atoms with Crippen LogP contribution in [0.3, 0.4) is 0 Å². The maximum absolute atomic E-state index is 3.49. The Kier molecular flexibility index (Phi) is 4.39. The Bertz CT molecular complexity index is 160. The summed E-state index contributed by atoms with van der Waals surface area (Å²) in [5.74, 6) is 0. The summed E-state index contributed by atoms with van der Waals surface area (Å²) in [7, 11) is 2.29. The van der Waals surface area contributed by atoms with Crippen molar-refractivity contribution in [1.82, 2.24) is 10.2 Å². The lowest BCUT2D eigenvalue weighted by Gasteiger charge is -2.43. The number of rotatable bonds is 4. The zero-order valence-electron chi connectivity index (χ0n) is 10.3. The highest BCUT2D eigenvalue weighted by molar-refractivity contribution is 4.86. The Labute approximate surface area is 89.1 Å². The van der Waals surface area contributed by atoms with Crippen molar-refractivity contribution in [1.29, 1.82) is 0 Å². The number of nitrogens with one attached hydrogen (secondary N) is 1. The van der Waals surface area contributed by atoms with E-state index in [-0.39, 0.29) is 0 Å². The van der Waals surface area contributed by atoms with E-state index in [2.05, 4.69) is 38.0 Å². The standard InChI is InChI=1S/C12H26N2/c1-5-8-12(2,3)14(4)11-7-6-9-13-10-11/h11,13H,5-10H2,1-4H3. The highest BCUT2D eigenvalue weighted by Gasteiger charge is 2.29. The van der Waals surface area contributed by atoms with Gasteiger partial charge in [-0.1, -0.05) is 13.3 Å². The van der Waals surface area contributed by atoms with Gasteiger partial charge in [0.2, 0.25) is 0 Å². The maximum Gasteiger partial charge on any atom is 0.0223 e. The van der Waals surface area contributed by atoms with Crippen LogP contribution >= 0.6 is 0 Å². The largest absolute Gasteiger partial charge is 0.315 e. The Hall–Kier alpha value is -0.0800. The molecule has 1 saturated heterocycles. The van der Waals surface area contributed by atoms with Crippen LogP contribution in [0.15, 0.2) is 0 Å². The van der Waals surface area contributed by atoms with Gasteiger partial charge in [0.15, 0.2) is 0 Å². The molecule has 0 amide bonds. The van der Waals surface area contributed by atoms with Crippen molar-refractivity contribution in [3.05, 3.63) is 0 Å². The van der Waals surface area contributed by atoms with Gasteiger partial charge in [0.25, 0.3) is 0 Å². The van der Waals surface area contributed by atoms with E-state index in [1.165, 1.54) is 38.8 Å². The number of piperidine rings is 1. The van der Waals surface area contributed by atoms with Gasteiger partial charge in [0.05, 0.1) is 0 Å². The minimum atomic E-state index is 0.360. The molecule has 0 aromatic heterocycles. The fraction of sp³-hybridized carbons (Fsp3) is 1.00. The number of hydrogen-bond donors (Lipinski definition) is 1. The summed E-state index contributed by atoms with van der Waals surface area (Å²) in [5.41, 5.74) is 0.360. The van der Waals surface area contributed by atoms with Gasteiger partial charge in [0, 0.05) is 18.1 Å². The number of nitrogens with zero attached hydrogens (tertiary/aromatic N) is 1. The quantitative estimate of drug-likeness (QED) is 0.745. The van der Waals surface area contributed by atoms with Crippen LogP contribution in [0.1, 0.15) is 46.5 Å². The van der Waals surface area contributed by atoms with E-state index in [0.29, 0.717) is 5.54 Å². The Morgan fingerprint density at radius 2 is 2.14 bits per heavy atom. The van der Waals surface area contributed by atoms with Crippen LogP contribution in [0.5, 0.6) is 0 Å². The van der Waals surface area contributed by atoms with E-state index in [1.54, 1.807) is 0 Å². The Morgan fingerprint density at radius 1 is 1.43 bits per heavy atom. The van der Waals surface area contributed by atoms with Gasteiger partial charge >= 0.3 is 0 Å². The molecule has 2 heteroatoms. The first-order valence-corrected chi connectivity index (χ1v) is 6.01. The van der Waals surface area contributed by atoms with Crippen LogP contribution in [0.2, 0.25) is 0 Å². The summed E-state index contributed by atoms with van der Waals surface area (Å²) in [5, 5.41) is 3.49. The third-order valence-corrected chi connectivity index (χ3v) is 3.64. The van der Waals surface area contributed by atoms with Crippen molar-refractivity contribution in [2.24, 2.45) is 0 Å². The van der Waals surface area contributed by atoms with E-state index >= 15 is 0 Å². The monoisotopic (exact) mass is 198 g/mol. The topological polar surface area (TPSA) is 15.3 Å². The van der Waals surface area contributed by atoms with Crippen LogP contribution in [0.25, 0.3) is 0 Å². The number of likely N-dealkylation sites (N-methyl/N-ethyl adjacent to an activating group) is 1. The highest BCUT2D eigenvalue weighted by Crippen LogP contribution is 2.23. The second kappa shape index (κ2) is 5.13. The van der Waals surface area contributed by atoms with Crippen molar-refractivity contribution in [3.8, 4) is 0 Å². The lowest BCUT2D eigenvalue weighted by Crippen LogP contribution is -2.52. The fourth-order valence-corrected chi connectivity index (χ4v) is 2.45. The molecule has 84 valence electrons. The summed E-state index contributed by atoms with van der Waals surface area (Å²) >= 11 is 0. The van der Waals surface area contributed by atoms with Crippen molar-refractivity contribution in [3.63, 3.8) is 0 Å². The molecule has 0 saturated carbocycles. The zero-order valence-corrected chi connectivity index (χ0v) is 10.3. The van der Waals surface area contributed by atoms with Crippen LogP contribution in [0.4, 0.5) is 0 Å². The van der Waals surface area contributed by atoms with Gasteiger partial charge in [0.1, 0.15) is 0 Å². The van der Waals surface area contributed by atoms with E-state index in [4.69, 9.17) is 0 Å². The summed E-state index contributed by atoms with van der Waals surface area (Å²) in [6.07, 6.45) is 5.26. The van der Waals surface area contributed by atoms with Crippen molar-refractivity contribution in [2.75, 3.05) is 20.1 Å². The predicted molar refractivity (Wildman–Crippen MR) is 62.6 cm³/mol. The average Bonchev–Trinajstić information content (AvgIpc) is 2.18. The molecule has 0 aromatic carbocycles. The van der Waals surface area contributed by atoms with Gasteiger partial charge < -0.3 is 5.32 Å². The lowest BCUT2D eigenvalue weighted by atomic mass is 9.93. The molecule has 1 atom stereocenters. The van der Waals surface area contributed by atoms with E-state index in [0.717, 1.165) is 6.04 Å². The smallest absolute Gasteiger partial charge is 0.0223 e. The molecular formula is C12H26N2. The highest BCUT2D eigenvalue weighted by atomic mass is 15.2.